The molecule has 0 bridgehead atoms. The van der Waals surface area contributed by atoms with Crippen molar-refractivity contribution < 1.29 is 18.8 Å². The highest BCUT2D eigenvalue weighted by molar-refractivity contribution is 6.39. The second-order valence-corrected chi connectivity index (χ2v) is 12.4. The molecule has 3 heterocycles. The molecule has 0 radical (unpaired) electrons. The Kier molecular flexibility index (Phi) is 7.87. The minimum atomic E-state index is -0.363. The van der Waals surface area contributed by atoms with Crippen LogP contribution in [0.4, 0.5) is 5.69 Å². The Hall–Kier alpha value is -3.78. The number of carbonyl (C=O) groups is 1. The maximum atomic E-state index is 12.1. The lowest BCUT2D eigenvalue weighted by molar-refractivity contribution is 0.0526. The van der Waals surface area contributed by atoms with Crippen LogP contribution in [-0.4, -0.2) is 35.8 Å². The molecule has 2 aliphatic rings. The largest absolute Gasteiger partial charge is 0.489 e. The zero-order valence-electron chi connectivity index (χ0n) is 23.9. The number of halogens is 3. The average molecular weight is 649 g/mol. The van der Waals surface area contributed by atoms with E-state index in [4.69, 9.17) is 48.8 Å². The van der Waals surface area contributed by atoms with E-state index in [9.17, 15) is 4.79 Å². The number of hydrogen-bond donors (Lipinski definition) is 0. The number of hydrogen-bond acceptors (Lipinski definition) is 7. The molecule has 0 N–H and O–H groups in total. The van der Waals surface area contributed by atoms with Gasteiger partial charge in [-0.25, -0.2) is 4.79 Å². The van der Waals surface area contributed by atoms with Gasteiger partial charge in [-0.05, 0) is 67.8 Å². The van der Waals surface area contributed by atoms with Gasteiger partial charge in [0, 0.05) is 52.8 Å². The van der Waals surface area contributed by atoms with E-state index in [2.05, 4.69) is 21.1 Å². The van der Waals surface area contributed by atoms with Crippen LogP contribution in [-0.2, 0) is 11.3 Å². The van der Waals surface area contributed by atoms with Gasteiger partial charge in [-0.1, -0.05) is 58.2 Å². The molecule has 7 nitrogen and oxygen atoms in total. The Balaban J connectivity index is 1.03. The van der Waals surface area contributed by atoms with Crippen LogP contribution < -0.4 is 9.64 Å². The first-order valence-electron chi connectivity index (χ1n) is 14.6. The second kappa shape index (κ2) is 12.0. The fourth-order valence-corrected chi connectivity index (χ4v) is 6.55. The first-order chi connectivity index (χ1) is 21.4. The lowest BCUT2D eigenvalue weighted by atomic mass is 9.90. The lowest BCUT2D eigenvalue weighted by Crippen LogP contribution is -2.45. The number of pyridine rings is 1. The SMILES string of the molecule is CCOC(=O)c1cnc2cc(N3CC(c4ccc(OCc5c(-c6c(Cl)cccc6Cl)noc5C5CC5)cc4Cl)C3)ccc2c1. The van der Waals surface area contributed by atoms with E-state index in [1.807, 2.05) is 36.4 Å². The standard InChI is InChI=1S/C34H28Cl3N3O4/c1-2-42-34(41)21-12-20-8-9-23(13-30(20)38-15-21)40-16-22(17-40)25-11-10-24(14-29(25)37)43-18-26-32(39-44-33(26)19-6-7-19)31-27(35)4-3-5-28(31)36/h3-5,8-15,19,22H,2,6-7,16-18H2,1H3. The third kappa shape index (κ3) is 5.60. The van der Waals surface area contributed by atoms with Gasteiger partial charge in [-0.3, -0.25) is 4.98 Å². The van der Waals surface area contributed by atoms with Gasteiger partial charge < -0.3 is 18.9 Å². The topological polar surface area (TPSA) is 77.7 Å². The summed E-state index contributed by atoms with van der Waals surface area (Å²) in [6, 6.07) is 19.2. The number of benzene rings is 3. The lowest BCUT2D eigenvalue weighted by Gasteiger charge is -2.41. The molecule has 3 aromatic carbocycles. The van der Waals surface area contributed by atoms with E-state index in [1.54, 1.807) is 31.3 Å². The zero-order valence-corrected chi connectivity index (χ0v) is 26.1. The number of nitrogens with zero attached hydrogens (tertiary/aromatic N) is 3. The van der Waals surface area contributed by atoms with Gasteiger partial charge in [0.15, 0.2) is 0 Å². The molecule has 224 valence electrons. The van der Waals surface area contributed by atoms with Gasteiger partial charge in [0.25, 0.3) is 0 Å². The van der Waals surface area contributed by atoms with Crippen LogP contribution in [0.3, 0.4) is 0 Å². The summed E-state index contributed by atoms with van der Waals surface area (Å²) < 4.78 is 17.1. The third-order valence-corrected chi connectivity index (χ3v) is 9.14. The molecule has 10 heteroatoms. The van der Waals surface area contributed by atoms with Gasteiger partial charge in [0.1, 0.15) is 23.8 Å². The van der Waals surface area contributed by atoms with Crippen molar-refractivity contribution in [2.45, 2.75) is 38.2 Å². The number of aromatic nitrogens is 2. The van der Waals surface area contributed by atoms with Gasteiger partial charge in [0.05, 0.1) is 33.3 Å². The summed E-state index contributed by atoms with van der Waals surface area (Å²) in [4.78, 5) is 18.8. The molecule has 0 amide bonds. The summed E-state index contributed by atoms with van der Waals surface area (Å²) in [5.74, 6) is 1.76. The van der Waals surface area contributed by atoms with Crippen molar-refractivity contribution in [3.8, 4) is 17.0 Å². The van der Waals surface area contributed by atoms with Crippen molar-refractivity contribution in [3.63, 3.8) is 0 Å². The maximum Gasteiger partial charge on any atom is 0.339 e. The Morgan fingerprint density at radius 1 is 0.977 bits per heavy atom. The minimum absolute atomic E-state index is 0.260. The normalized spacial score (nSPS) is 15.0. The number of carbonyl (C=O) groups excluding carboxylic acids is 1. The Morgan fingerprint density at radius 3 is 2.50 bits per heavy atom. The quantitative estimate of drug-likeness (QED) is 0.148. The van der Waals surface area contributed by atoms with Crippen molar-refractivity contribution in [2.75, 3.05) is 24.6 Å². The fraction of sp³-hybridized carbons (Fsp3) is 0.265. The predicted octanol–water partition coefficient (Wildman–Crippen LogP) is 9.09. The summed E-state index contributed by atoms with van der Waals surface area (Å²) in [6.07, 6.45) is 3.68. The molecule has 0 spiro atoms. The summed E-state index contributed by atoms with van der Waals surface area (Å²) in [7, 11) is 0. The molecule has 0 unspecified atom stereocenters. The molecule has 2 fully saturated rings. The molecule has 0 atom stereocenters. The number of esters is 1. The van der Waals surface area contributed by atoms with Crippen LogP contribution in [0.5, 0.6) is 5.75 Å². The molecule has 5 aromatic rings. The highest BCUT2D eigenvalue weighted by Crippen LogP contribution is 2.46. The molecule has 1 aliphatic carbocycles. The summed E-state index contributed by atoms with van der Waals surface area (Å²) in [6.45, 7) is 4.04. The van der Waals surface area contributed by atoms with Gasteiger partial charge in [-0.2, -0.15) is 0 Å². The van der Waals surface area contributed by atoms with Gasteiger partial charge >= 0.3 is 5.97 Å². The van der Waals surface area contributed by atoms with Crippen molar-refractivity contribution in [1.29, 1.82) is 0 Å². The molecule has 2 aromatic heterocycles. The maximum absolute atomic E-state index is 12.1. The van der Waals surface area contributed by atoms with Crippen molar-refractivity contribution in [1.82, 2.24) is 10.1 Å². The van der Waals surface area contributed by atoms with Crippen LogP contribution in [0.2, 0.25) is 15.1 Å². The fourth-order valence-electron chi connectivity index (χ4n) is 5.65. The van der Waals surface area contributed by atoms with Crippen LogP contribution in [0.1, 0.15) is 58.8 Å². The zero-order chi connectivity index (χ0) is 30.4. The first-order valence-corrected chi connectivity index (χ1v) is 15.7. The van der Waals surface area contributed by atoms with E-state index < -0.39 is 0 Å². The number of ether oxygens (including phenoxy) is 2. The molecule has 1 saturated carbocycles. The average Bonchev–Trinajstić information content (AvgIpc) is 3.76. The first kappa shape index (κ1) is 29.0. The Morgan fingerprint density at radius 2 is 1.77 bits per heavy atom. The Labute approximate surface area is 269 Å². The highest BCUT2D eigenvalue weighted by Gasteiger charge is 2.34. The van der Waals surface area contributed by atoms with Gasteiger partial charge in [-0.15, -0.1) is 0 Å². The second-order valence-electron chi connectivity index (χ2n) is 11.1. The predicted molar refractivity (Wildman–Crippen MR) is 172 cm³/mol. The van der Waals surface area contributed by atoms with Crippen LogP contribution >= 0.6 is 34.8 Å². The monoisotopic (exact) mass is 647 g/mol. The minimum Gasteiger partial charge on any atom is -0.489 e. The summed E-state index contributed by atoms with van der Waals surface area (Å²) >= 11 is 19.8. The molecule has 44 heavy (non-hydrogen) atoms. The number of rotatable bonds is 9. The molecular weight excluding hydrogens is 621 g/mol. The van der Waals surface area contributed by atoms with Crippen LogP contribution in [0, 0.1) is 0 Å². The number of anilines is 1. The molecule has 7 rings (SSSR count). The summed E-state index contributed by atoms with van der Waals surface area (Å²) in [5, 5.41) is 6.93. The number of fused-ring (bicyclic) bond motifs is 1. The van der Waals surface area contributed by atoms with E-state index in [1.165, 1.54) is 0 Å². The van der Waals surface area contributed by atoms with Crippen molar-refractivity contribution >= 4 is 57.4 Å². The van der Waals surface area contributed by atoms with Crippen LogP contribution in [0.15, 0.2) is 71.4 Å². The third-order valence-electron chi connectivity index (χ3n) is 8.19. The molecular formula is C34H28Cl3N3O4. The van der Waals surface area contributed by atoms with E-state index in [-0.39, 0.29) is 12.6 Å². The molecule has 1 saturated heterocycles. The van der Waals surface area contributed by atoms with Crippen molar-refractivity contribution in [2.24, 2.45) is 0 Å². The van der Waals surface area contributed by atoms with Gasteiger partial charge in [0.2, 0.25) is 0 Å². The van der Waals surface area contributed by atoms with E-state index in [0.29, 0.717) is 56.1 Å². The highest BCUT2D eigenvalue weighted by atomic mass is 35.5. The van der Waals surface area contributed by atoms with Crippen molar-refractivity contribution in [3.05, 3.63) is 104 Å². The van der Waals surface area contributed by atoms with Crippen LogP contribution in [0.25, 0.3) is 22.2 Å². The van der Waals surface area contributed by atoms with E-state index >= 15 is 0 Å². The molecule has 1 aliphatic heterocycles. The Bertz CT molecular complexity index is 1860. The van der Waals surface area contributed by atoms with E-state index in [0.717, 1.165) is 59.4 Å². The smallest absolute Gasteiger partial charge is 0.339 e. The summed E-state index contributed by atoms with van der Waals surface area (Å²) in [5.41, 5.74) is 5.57.